The maximum Gasteiger partial charge on any atom is 0.218 e. The highest BCUT2D eigenvalue weighted by Crippen LogP contribution is 2.37. The molecule has 0 aromatic carbocycles. The van der Waals surface area contributed by atoms with Crippen LogP contribution in [-0.4, -0.2) is 5.91 Å². The van der Waals surface area contributed by atoms with E-state index in [2.05, 4.69) is 6.58 Å². The van der Waals surface area contributed by atoms with Gasteiger partial charge < -0.3 is 5.73 Å². The number of allylic oxidation sites excluding steroid dienone is 5. The molecule has 82 valence electrons. The first-order valence-electron chi connectivity index (χ1n) is 5.04. The van der Waals surface area contributed by atoms with Gasteiger partial charge in [0.15, 0.2) is 0 Å². The third-order valence-corrected chi connectivity index (χ3v) is 2.99. The molecule has 2 N–H and O–H groups in total. The van der Waals surface area contributed by atoms with Gasteiger partial charge in [-0.25, -0.2) is 0 Å². The topological polar surface area (TPSA) is 43.1 Å². The molecule has 1 aliphatic carbocycles. The zero-order valence-electron chi connectivity index (χ0n) is 8.92. The molecule has 0 radical (unpaired) electrons. The molecule has 0 heterocycles. The smallest absolute Gasteiger partial charge is 0.218 e. The van der Waals surface area contributed by atoms with E-state index < -0.39 is 0 Å². The highest BCUT2D eigenvalue weighted by atomic mass is 35.5. The Hall–Kier alpha value is -1.02. The molecule has 0 saturated heterocycles. The van der Waals surface area contributed by atoms with E-state index in [1.54, 1.807) is 0 Å². The summed E-state index contributed by atoms with van der Waals surface area (Å²) < 4.78 is 0. The maximum atomic E-state index is 10.9. The van der Waals surface area contributed by atoms with Crippen LogP contribution in [0.25, 0.3) is 0 Å². The molecule has 1 saturated carbocycles. The Balaban J connectivity index is 2.86. The molecule has 1 atom stereocenters. The minimum absolute atomic E-state index is 0.198. The molecule has 1 unspecified atom stereocenters. The Labute approximate surface area is 95.5 Å². The Kier molecular flexibility index (Phi) is 4.15. The Bertz CT molecular complexity index is 342. The monoisotopic (exact) mass is 225 g/mol. The van der Waals surface area contributed by atoms with Crippen LogP contribution in [0.15, 0.2) is 34.9 Å². The quantitative estimate of drug-likeness (QED) is 0.789. The maximum absolute atomic E-state index is 10.9. The Morgan fingerprint density at radius 3 is 2.93 bits per heavy atom. The number of halogens is 1. The molecule has 1 rings (SSSR count). The van der Waals surface area contributed by atoms with Gasteiger partial charge in [0, 0.05) is 11.5 Å². The number of carbonyl (C=O) groups is 1. The zero-order chi connectivity index (χ0) is 11.4. The SMILES string of the molecule is C=C1CCC(CC(N)=O)/C1=C/C(Cl)=C\C. The van der Waals surface area contributed by atoms with Gasteiger partial charge in [0.1, 0.15) is 0 Å². The van der Waals surface area contributed by atoms with Gasteiger partial charge in [0.05, 0.1) is 0 Å². The van der Waals surface area contributed by atoms with Crippen molar-refractivity contribution in [2.45, 2.75) is 26.2 Å². The van der Waals surface area contributed by atoms with Gasteiger partial charge in [-0.05, 0) is 37.3 Å². The summed E-state index contributed by atoms with van der Waals surface area (Å²) in [5.41, 5.74) is 7.35. The van der Waals surface area contributed by atoms with Crippen molar-refractivity contribution >= 4 is 17.5 Å². The zero-order valence-corrected chi connectivity index (χ0v) is 9.68. The van der Waals surface area contributed by atoms with Gasteiger partial charge in [0.2, 0.25) is 5.91 Å². The van der Waals surface area contributed by atoms with Gasteiger partial charge in [-0.3, -0.25) is 4.79 Å². The van der Waals surface area contributed by atoms with E-state index in [9.17, 15) is 4.79 Å². The largest absolute Gasteiger partial charge is 0.370 e. The van der Waals surface area contributed by atoms with E-state index in [0.29, 0.717) is 11.5 Å². The molecular formula is C12H16ClNO. The van der Waals surface area contributed by atoms with Crippen LogP contribution in [0.5, 0.6) is 0 Å². The van der Waals surface area contributed by atoms with E-state index in [0.717, 1.165) is 24.0 Å². The molecule has 0 aromatic rings. The summed E-state index contributed by atoms with van der Waals surface area (Å²) in [6, 6.07) is 0. The summed E-state index contributed by atoms with van der Waals surface area (Å²) >= 11 is 5.94. The van der Waals surface area contributed by atoms with Gasteiger partial charge >= 0.3 is 0 Å². The summed E-state index contributed by atoms with van der Waals surface area (Å²) in [6.07, 6.45) is 5.98. The van der Waals surface area contributed by atoms with E-state index in [1.807, 2.05) is 19.1 Å². The van der Waals surface area contributed by atoms with Crippen LogP contribution < -0.4 is 5.73 Å². The summed E-state index contributed by atoms with van der Waals surface area (Å²) in [5, 5.41) is 0.683. The third kappa shape index (κ3) is 3.24. The van der Waals surface area contributed by atoms with E-state index in [-0.39, 0.29) is 11.8 Å². The van der Waals surface area contributed by atoms with Crippen LogP contribution in [0.3, 0.4) is 0 Å². The highest BCUT2D eigenvalue weighted by Gasteiger charge is 2.25. The van der Waals surface area contributed by atoms with Crippen molar-refractivity contribution in [2.75, 3.05) is 0 Å². The minimum Gasteiger partial charge on any atom is -0.370 e. The third-order valence-electron chi connectivity index (χ3n) is 2.66. The van der Waals surface area contributed by atoms with Crippen molar-refractivity contribution in [3.63, 3.8) is 0 Å². The minimum atomic E-state index is -0.266. The standard InChI is InChI=1S/C12H16ClNO/c1-3-10(13)7-11-8(2)4-5-9(11)6-12(14)15/h3,7,9H,2,4-6H2,1H3,(H2,14,15)/b10-3+,11-7+. The van der Waals surface area contributed by atoms with Crippen molar-refractivity contribution in [1.82, 2.24) is 0 Å². The normalized spacial score (nSPS) is 24.9. The number of rotatable bonds is 3. The molecule has 3 heteroatoms. The number of amides is 1. The van der Waals surface area contributed by atoms with Crippen LogP contribution in [0, 0.1) is 5.92 Å². The summed E-state index contributed by atoms with van der Waals surface area (Å²) in [5.74, 6) is -0.0686. The van der Waals surface area contributed by atoms with Crippen LogP contribution in [0.4, 0.5) is 0 Å². The van der Waals surface area contributed by atoms with E-state index >= 15 is 0 Å². The van der Waals surface area contributed by atoms with Crippen LogP contribution in [-0.2, 0) is 4.79 Å². The average Bonchev–Trinajstić information content (AvgIpc) is 2.49. The lowest BCUT2D eigenvalue weighted by molar-refractivity contribution is -0.118. The van der Waals surface area contributed by atoms with Gasteiger partial charge in [-0.1, -0.05) is 29.8 Å². The highest BCUT2D eigenvalue weighted by molar-refractivity contribution is 6.31. The predicted octanol–water partition coefficient (Wildman–Crippen LogP) is 2.90. The fourth-order valence-electron chi connectivity index (χ4n) is 1.84. The van der Waals surface area contributed by atoms with E-state index in [4.69, 9.17) is 17.3 Å². The van der Waals surface area contributed by atoms with Crippen LogP contribution in [0.2, 0.25) is 0 Å². The van der Waals surface area contributed by atoms with Crippen LogP contribution in [0.1, 0.15) is 26.2 Å². The summed E-state index contributed by atoms with van der Waals surface area (Å²) in [7, 11) is 0. The lowest BCUT2D eigenvalue weighted by Gasteiger charge is -2.09. The molecular weight excluding hydrogens is 210 g/mol. The van der Waals surface area contributed by atoms with Gasteiger partial charge in [-0.2, -0.15) is 0 Å². The van der Waals surface area contributed by atoms with E-state index in [1.165, 1.54) is 0 Å². The molecule has 2 nitrogen and oxygen atoms in total. The summed E-state index contributed by atoms with van der Waals surface area (Å²) in [6.45, 7) is 5.85. The summed E-state index contributed by atoms with van der Waals surface area (Å²) in [4.78, 5) is 10.9. The van der Waals surface area contributed by atoms with Crippen molar-refractivity contribution in [3.8, 4) is 0 Å². The van der Waals surface area contributed by atoms with Gasteiger partial charge in [0.25, 0.3) is 0 Å². The molecule has 15 heavy (non-hydrogen) atoms. The lowest BCUT2D eigenvalue weighted by Crippen LogP contribution is -2.15. The molecule has 0 bridgehead atoms. The first-order valence-corrected chi connectivity index (χ1v) is 5.42. The predicted molar refractivity (Wildman–Crippen MR) is 63.4 cm³/mol. The molecule has 0 aliphatic heterocycles. The molecule has 1 aliphatic rings. The number of hydrogen-bond acceptors (Lipinski definition) is 1. The molecule has 1 amide bonds. The first-order chi connectivity index (χ1) is 7.04. The number of nitrogens with two attached hydrogens (primary N) is 1. The van der Waals surface area contributed by atoms with Crippen molar-refractivity contribution in [3.05, 3.63) is 34.9 Å². The number of primary amides is 1. The fourth-order valence-corrected chi connectivity index (χ4v) is 1.96. The fraction of sp³-hybridized carbons (Fsp3) is 0.417. The Morgan fingerprint density at radius 1 is 1.73 bits per heavy atom. The van der Waals surface area contributed by atoms with Crippen molar-refractivity contribution in [2.24, 2.45) is 11.7 Å². The van der Waals surface area contributed by atoms with Crippen molar-refractivity contribution < 1.29 is 4.79 Å². The number of hydrogen-bond donors (Lipinski definition) is 1. The second-order valence-corrected chi connectivity index (χ2v) is 4.22. The lowest BCUT2D eigenvalue weighted by atomic mass is 9.97. The molecule has 0 spiro atoms. The first kappa shape index (κ1) is 12.1. The second-order valence-electron chi connectivity index (χ2n) is 3.78. The van der Waals surface area contributed by atoms with Gasteiger partial charge in [-0.15, -0.1) is 0 Å². The molecule has 1 fully saturated rings. The van der Waals surface area contributed by atoms with Crippen molar-refractivity contribution in [1.29, 1.82) is 0 Å². The van der Waals surface area contributed by atoms with Crippen LogP contribution >= 0.6 is 11.6 Å². The average molecular weight is 226 g/mol. The second kappa shape index (κ2) is 5.17. The molecule has 0 aromatic heterocycles. The Morgan fingerprint density at radius 2 is 2.40 bits per heavy atom. The number of carbonyl (C=O) groups excluding carboxylic acids is 1.